The number of carbonyl (C=O) groups excluding carboxylic acids is 1. The Morgan fingerprint density at radius 3 is 2.84 bits per heavy atom. The summed E-state index contributed by atoms with van der Waals surface area (Å²) in [7, 11) is 0. The fraction of sp³-hybridized carbons (Fsp3) is 0.400. The standard InChI is InChI=1S/C15H19N3O/c1-3-10-18-14(11-16-17-18)15(19)9-8-13-7-5-4-6-12(13)2/h4-7,11H,3,8-10H2,1-2H3. The van der Waals surface area contributed by atoms with Crippen LogP contribution < -0.4 is 0 Å². The molecule has 0 radical (unpaired) electrons. The Labute approximate surface area is 113 Å². The number of ketones is 1. The number of benzene rings is 1. The highest BCUT2D eigenvalue weighted by Gasteiger charge is 2.13. The van der Waals surface area contributed by atoms with Crippen LogP contribution in [0.4, 0.5) is 0 Å². The number of nitrogens with zero attached hydrogens (tertiary/aromatic N) is 3. The van der Waals surface area contributed by atoms with E-state index in [-0.39, 0.29) is 5.78 Å². The van der Waals surface area contributed by atoms with E-state index in [1.165, 1.54) is 11.1 Å². The normalized spacial score (nSPS) is 10.6. The van der Waals surface area contributed by atoms with E-state index in [4.69, 9.17) is 0 Å². The van der Waals surface area contributed by atoms with Crippen LogP contribution in [-0.2, 0) is 13.0 Å². The predicted octanol–water partition coefficient (Wildman–Crippen LogP) is 2.81. The van der Waals surface area contributed by atoms with Crippen molar-refractivity contribution in [2.24, 2.45) is 0 Å². The largest absolute Gasteiger partial charge is 0.292 e. The molecular weight excluding hydrogens is 238 g/mol. The van der Waals surface area contributed by atoms with Crippen molar-refractivity contribution in [3.63, 3.8) is 0 Å². The third-order valence-electron chi connectivity index (χ3n) is 3.22. The summed E-state index contributed by atoms with van der Waals surface area (Å²) in [6, 6.07) is 8.17. The van der Waals surface area contributed by atoms with Crippen molar-refractivity contribution in [3.8, 4) is 0 Å². The predicted molar refractivity (Wildman–Crippen MR) is 74.1 cm³/mol. The summed E-state index contributed by atoms with van der Waals surface area (Å²) >= 11 is 0. The monoisotopic (exact) mass is 257 g/mol. The van der Waals surface area contributed by atoms with E-state index < -0.39 is 0 Å². The van der Waals surface area contributed by atoms with E-state index >= 15 is 0 Å². The molecule has 0 aliphatic rings. The number of rotatable bonds is 6. The van der Waals surface area contributed by atoms with Crippen molar-refractivity contribution >= 4 is 5.78 Å². The van der Waals surface area contributed by atoms with Crippen LogP contribution in [-0.4, -0.2) is 20.8 Å². The van der Waals surface area contributed by atoms with Crippen LogP contribution in [0.3, 0.4) is 0 Å². The Morgan fingerprint density at radius 1 is 1.32 bits per heavy atom. The first kappa shape index (κ1) is 13.5. The second-order valence-corrected chi connectivity index (χ2v) is 4.69. The van der Waals surface area contributed by atoms with E-state index in [1.807, 2.05) is 12.1 Å². The topological polar surface area (TPSA) is 47.8 Å². The first-order valence-electron chi connectivity index (χ1n) is 6.68. The first-order valence-corrected chi connectivity index (χ1v) is 6.68. The molecule has 2 aromatic rings. The summed E-state index contributed by atoms with van der Waals surface area (Å²) in [5.41, 5.74) is 3.08. The summed E-state index contributed by atoms with van der Waals surface area (Å²) in [5, 5.41) is 7.77. The van der Waals surface area contributed by atoms with E-state index in [1.54, 1.807) is 10.9 Å². The van der Waals surface area contributed by atoms with Crippen molar-refractivity contribution in [2.45, 2.75) is 39.7 Å². The molecule has 1 aromatic heterocycles. The molecule has 4 heteroatoms. The summed E-state index contributed by atoms with van der Waals surface area (Å²) in [5.74, 6) is 0.113. The minimum Gasteiger partial charge on any atom is -0.292 e. The minimum absolute atomic E-state index is 0.113. The first-order chi connectivity index (χ1) is 9.22. The highest BCUT2D eigenvalue weighted by molar-refractivity contribution is 5.94. The van der Waals surface area contributed by atoms with Gasteiger partial charge in [-0.25, -0.2) is 4.68 Å². The van der Waals surface area contributed by atoms with E-state index in [0.717, 1.165) is 19.4 Å². The molecule has 100 valence electrons. The van der Waals surface area contributed by atoms with Gasteiger partial charge in [0.25, 0.3) is 0 Å². The Bertz CT molecular complexity index is 560. The average Bonchev–Trinajstić information content (AvgIpc) is 2.86. The van der Waals surface area contributed by atoms with Crippen molar-refractivity contribution in [1.82, 2.24) is 15.0 Å². The average molecular weight is 257 g/mol. The number of aryl methyl sites for hydroxylation is 3. The van der Waals surface area contributed by atoms with Crippen LogP contribution in [0.25, 0.3) is 0 Å². The number of carbonyl (C=O) groups is 1. The van der Waals surface area contributed by atoms with Crippen molar-refractivity contribution < 1.29 is 4.79 Å². The maximum atomic E-state index is 12.2. The van der Waals surface area contributed by atoms with Gasteiger partial charge in [0.1, 0.15) is 5.69 Å². The van der Waals surface area contributed by atoms with Gasteiger partial charge in [0, 0.05) is 13.0 Å². The number of hydrogen-bond acceptors (Lipinski definition) is 3. The molecule has 2 rings (SSSR count). The summed E-state index contributed by atoms with van der Waals surface area (Å²) in [6.07, 6.45) is 3.78. The van der Waals surface area contributed by atoms with Crippen molar-refractivity contribution in [2.75, 3.05) is 0 Å². The Morgan fingerprint density at radius 2 is 2.11 bits per heavy atom. The van der Waals surface area contributed by atoms with Crippen molar-refractivity contribution in [3.05, 3.63) is 47.3 Å². The van der Waals surface area contributed by atoms with Gasteiger partial charge in [-0.05, 0) is 30.9 Å². The van der Waals surface area contributed by atoms with Crippen LogP contribution in [0.2, 0.25) is 0 Å². The molecule has 0 atom stereocenters. The summed E-state index contributed by atoms with van der Waals surface area (Å²) < 4.78 is 1.69. The molecule has 1 heterocycles. The van der Waals surface area contributed by atoms with E-state index in [0.29, 0.717) is 12.1 Å². The highest BCUT2D eigenvalue weighted by Crippen LogP contribution is 2.12. The molecule has 1 aromatic carbocycles. The third-order valence-corrected chi connectivity index (χ3v) is 3.22. The summed E-state index contributed by atoms with van der Waals surface area (Å²) in [6.45, 7) is 4.87. The Kier molecular flexibility index (Phi) is 4.44. The lowest BCUT2D eigenvalue weighted by Gasteiger charge is -2.06. The molecular formula is C15H19N3O. The molecule has 0 saturated carbocycles. The van der Waals surface area contributed by atoms with Crippen LogP contribution in [0.5, 0.6) is 0 Å². The zero-order valence-electron chi connectivity index (χ0n) is 11.5. The van der Waals surface area contributed by atoms with Gasteiger partial charge in [0.15, 0.2) is 5.78 Å². The fourth-order valence-electron chi connectivity index (χ4n) is 2.12. The van der Waals surface area contributed by atoms with Gasteiger partial charge < -0.3 is 0 Å². The molecule has 0 spiro atoms. The van der Waals surface area contributed by atoms with Gasteiger partial charge >= 0.3 is 0 Å². The van der Waals surface area contributed by atoms with Gasteiger partial charge in [-0.1, -0.05) is 36.4 Å². The molecule has 4 nitrogen and oxygen atoms in total. The number of Topliss-reactive ketones (excluding diaryl/α,β-unsaturated/α-hetero) is 1. The second-order valence-electron chi connectivity index (χ2n) is 4.69. The third kappa shape index (κ3) is 3.28. The molecule has 0 amide bonds. The van der Waals surface area contributed by atoms with Gasteiger partial charge in [0.05, 0.1) is 6.20 Å². The smallest absolute Gasteiger partial charge is 0.182 e. The number of aromatic nitrogens is 3. The van der Waals surface area contributed by atoms with E-state index in [9.17, 15) is 4.79 Å². The molecule has 0 bridgehead atoms. The zero-order valence-corrected chi connectivity index (χ0v) is 11.5. The molecule has 0 unspecified atom stereocenters. The lowest BCUT2D eigenvalue weighted by atomic mass is 10.0. The lowest BCUT2D eigenvalue weighted by molar-refractivity contribution is 0.0972. The number of hydrogen-bond donors (Lipinski definition) is 0. The maximum Gasteiger partial charge on any atom is 0.182 e. The van der Waals surface area contributed by atoms with Gasteiger partial charge in [-0.2, -0.15) is 0 Å². The van der Waals surface area contributed by atoms with Gasteiger partial charge in [-0.3, -0.25) is 4.79 Å². The Hall–Kier alpha value is -1.97. The quantitative estimate of drug-likeness (QED) is 0.748. The Balaban J connectivity index is 2.02. The van der Waals surface area contributed by atoms with Crippen molar-refractivity contribution in [1.29, 1.82) is 0 Å². The molecule has 0 aliphatic carbocycles. The molecule has 0 N–H and O–H groups in total. The van der Waals surface area contributed by atoms with Crippen LogP contribution in [0.15, 0.2) is 30.5 Å². The zero-order chi connectivity index (χ0) is 13.7. The maximum absolute atomic E-state index is 12.2. The highest BCUT2D eigenvalue weighted by atomic mass is 16.1. The van der Waals surface area contributed by atoms with Crippen LogP contribution >= 0.6 is 0 Å². The van der Waals surface area contributed by atoms with Crippen LogP contribution in [0, 0.1) is 6.92 Å². The van der Waals surface area contributed by atoms with E-state index in [2.05, 4.69) is 36.3 Å². The molecule has 0 aliphatic heterocycles. The molecule has 0 saturated heterocycles. The second kappa shape index (κ2) is 6.27. The van der Waals surface area contributed by atoms with Gasteiger partial charge in [0.2, 0.25) is 0 Å². The van der Waals surface area contributed by atoms with Gasteiger partial charge in [-0.15, -0.1) is 5.10 Å². The molecule has 19 heavy (non-hydrogen) atoms. The summed E-state index contributed by atoms with van der Waals surface area (Å²) in [4.78, 5) is 12.2. The minimum atomic E-state index is 0.113. The lowest BCUT2D eigenvalue weighted by Crippen LogP contribution is -2.11. The fourth-order valence-corrected chi connectivity index (χ4v) is 2.12. The van der Waals surface area contributed by atoms with Crippen LogP contribution in [0.1, 0.15) is 41.4 Å². The molecule has 0 fully saturated rings. The SMILES string of the molecule is CCCn1nncc1C(=O)CCc1ccccc1C.